The number of aryl methyl sites for hydroxylation is 3. The second-order valence-electron chi connectivity index (χ2n) is 10.6. The van der Waals surface area contributed by atoms with Gasteiger partial charge in [-0.05, 0) is 72.9 Å². The van der Waals surface area contributed by atoms with Gasteiger partial charge in [0.05, 0.1) is 27.8 Å². The first-order valence-corrected chi connectivity index (χ1v) is 16.6. The van der Waals surface area contributed by atoms with Crippen LogP contribution in [0.25, 0.3) is 11.1 Å². The Labute approximate surface area is 255 Å². The van der Waals surface area contributed by atoms with Gasteiger partial charge in [0.25, 0.3) is 0 Å². The highest BCUT2D eigenvalue weighted by molar-refractivity contribution is 7.91. The molecule has 0 aliphatic rings. The first-order valence-electron chi connectivity index (χ1n) is 13.5. The van der Waals surface area contributed by atoms with Crippen molar-refractivity contribution >= 4 is 19.9 Å². The van der Waals surface area contributed by atoms with Crippen molar-refractivity contribution in [2.75, 3.05) is 5.75 Å². The second-order valence-corrected chi connectivity index (χ2v) is 14.6. The summed E-state index contributed by atoms with van der Waals surface area (Å²) in [6.45, 7) is 7.90. The van der Waals surface area contributed by atoms with Crippen LogP contribution in [-0.4, -0.2) is 32.0 Å². The van der Waals surface area contributed by atoms with Crippen LogP contribution in [0, 0.1) is 20.8 Å². The number of aliphatic hydroxyl groups excluding tert-OH is 1. The van der Waals surface area contributed by atoms with Gasteiger partial charge < -0.3 is 9.52 Å². The Kier molecular flexibility index (Phi) is 9.48. The van der Waals surface area contributed by atoms with E-state index in [1.165, 1.54) is 12.1 Å². The van der Waals surface area contributed by atoms with Gasteiger partial charge in [-0.15, -0.1) is 0 Å². The molecule has 12 heteroatoms. The molecule has 1 aromatic heterocycles. The van der Waals surface area contributed by atoms with Crippen molar-refractivity contribution in [2.45, 2.75) is 56.2 Å². The maximum Gasteiger partial charge on any atom is 0.449 e. The Morgan fingerprint density at radius 3 is 2.07 bits per heavy atom. The molecule has 7 nitrogen and oxygen atoms in total. The van der Waals surface area contributed by atoms with E-state index in [4.69, 9.17) is 4.42 Å². The molecule has 3 aromatic carbocycles. The summed E-state index contributed by atoms with van der Waals surface area (Å²) in [6, 6.07) is 18.4. The quantitative estimate of drug-likeness (QED) is 0.169. The van der Waals surface area contributed by atoms with Crippen LogP contribution in [0.4, 0.5) is 13.2 Å². The number of sulfonamides is 1. The molecule has 1 heterocycles. The number of halogens is 3. The molecule has 44 heavy (non-hydrogen) atoms. The smallest absolute Gasteiger partial charge is 0.449 e. The van der Waals surface area contributed by atoms with E-state index in [0.29, 0.717) is 27.8 Å². The van der Waals surface area contributed by atoms with Crippen molar-refractivity contribution in [2.24, 2.45) is 0 Å². The second kappa shape index (κ2) is 12.6. The lowest BCUT2D eigenvalue weighted by Gasteiger charge is -2.24. The van der Waals surface area contributed by atoms with Crippen LogP contribution in [0.15, 0.2) is 99.3 Å². The number of nitrogens with zero attached hydrogens (tertiary/aromatic N) is 1. The maximum atomic E-state index is 14.0. The van der Waals surface area contributed by atoms with Crippen LogP contribution in [0.3, 0.4) is 0 Å². The van der Waals surface area contributed by atoms with Crippen molar-refractivity contribution in [1.82, 2.24) is 4.31 Å². The minimum absolute atomic E-state index is 0.0742. The average molecular weight is 648 g/mol. The van der Waals surface area contributed by atoms with E-state index in [1.54, 1.807) is 62.4 Å². The van der Waals surface area contributed by atoms with E-state index in [0.717, 1.165) is 22.0 Å². The van der Waals surface area contributed by atoms with Gasteiger partial charge in [-0.1, -0.05) is 60.7 Å². The summed E-state index contributed by atoms with van der Waals surface area (Å²) in [6.07, 6.45) is -4.80. The summed E-state index contributed by atoms with van der Waals surface area (Å²) >= 11 is 0. The summed E-state index contributed by atoms with van der Waals surface area (Å²) in [5.74, 6) is -1.91. The summed E-state index contributed by atoms with van der Waals surface area (Å²) in [5.41, 5.74) is 3.71. The van der Waals surface area contributed by atoms with Crippen LogP contribution in [-0.2, 0) is 39.1 Å². The Morgan fingerprint density at radius 2 is 1.50 bits per heavy atom. The zero-order valence-corrected chi connectivity index (χ0v) is 26.0. The fourth-order valence-electron chi connectivity index (χ4n) is 4.96. The molecule has 0 atom stereocenters. The molecule has 0 fully saturated rings. The van der Waals surface area contributed by atoms with Gasteiger partial charge in [-0.2, -0.15) is 17.5 Å². The van der Waals surface area contributed by atoms with Crippen molar-refractivity contribution in [3.05, 3.63) is 119 Å². The van der Waals surface area contributed by atoms with Crippen LogP contribution in [0.2, 0.25) is 0 Å². The van der Waals surface area contributed by atoms with Gasteiger partial charge in [-0.3, -0.25) is 0 Å². The summed E-state index contributed by atoms with van der Waals surface area (Å²) < 4.78 is 99.0. The van der Waals surface area contributed by atoms with Crippen LogP contribution >= 0.6 is 0 Å². The number of furan rings is 1. The molecule has 0 bridgehead atoms. The van der Waals surface area contributed by atoms with Gasteiger partial charge in [-0.25, -0.2) is 16.8 Å². The summed E-state index contributed by atoms with van der Waals surface area (Å²) in [5, 5.41) is 9.30. The van der Waals surface area contributed by atoms with E-state index >= 15 is 0 Å². The third-order valence-corrected chi connectivity index (χ3v) is 10.8. The van der Waals surface area contributed by atoms with E-state index in [1.807, 2.05) is 6.92 Å². The van der Waals surface area contributed by atoms with Crippen LogP contribution in [0.1, 0.15) is 40.2 Å². The van der Waals surface area contributed by atoms with Crippen LogP contribution in [0.5, 0.6) is 0 Å². The Hall–Kier alpha value is -3.87. The minimum atomic E-state index is -4.72. The number of alkyl halides is 3. The topological polar surface area (TPSA) is 105 Å². The first-order chi connectivity index (χ1) is 20.5. The van der Waals surface area contributed by atoms with Gasteiger partial charge in [0.15, 0.2) is 9.84 Å². The molecule has 4 rings (SSSR count). The Morgan fingerprint density at radius 1 is 0.864 bits per heavy atom. The maximum absolute atomic E-state index is 14.0. The SMILES string of the molecule is C=C(O)CCS(=O)(=O)c1cccc(-c2ccc(CN(Cc3ccc(C(F)(F)F)o3)S(=O)(=O)c3c(C)cc(C)cc3C)cc2)c1. The predicted molar refractivity (Wildman–Crippen MR) is 161 cm³/mol. The van der Waals surface area contributed by atoms with Gasteiger partial charge in [0, 0.05) is 13.0 Å². The van der Waals surface area contributed by atoms with Crippen molar-refractivity contribution in [3.63, 3.8) is 0 Å². The monoisotopic (exact) mass is 647 g/mol. The van der Waals surface area contributed by atoms with Crippen molar-refractivity contribution in [3.8, 4) is 11.1 Å². The molecule has 0 unspecified atom stereocenters. The molecule has 234 valence electrons. The minimum Gasteiger partial charge on any atom is -0.513 e. The largest absolute Gasteiger partial charge is 0.513 e. The fourth-order valence-corrected chi connectivity index (χ4v) is 8.10. The summed E-state index contributed by atoms with van der Waals surface area (Å²) in [4.78, 5) is 0.156. The van der Waals surface area contributed by atoms with Gasteiger partial charge >= 0.3 is 6.18 Å². The molecule has 0 saturated heterocycles. The lowest BCUT2D eigenvalue weighted by Crippen LogP contribution is -2.31. The molecule has 0 amide bonds. The highest BCUT2D eigenvalue weighted by Gasteiger charge is 2.36. The number of sulfone groups is 1. The average Bonchev–Trinajstić information content (AvgIpc) is 3.41. The zero-order valence-electron chi connectivity index (χ0n) is 24.3. The number of hydrogen-bond donors (Lipinski definition) is 1. The summed E-state index contributed by atoms with van der Waals surface area (Å²) in [7, 11) is -7.87. The highest BCUT2D eigenvalue weighted by atomic mass is 32.2. The first kappa shape index (κ1) is 33.0. The molecule has 4 aromatic rings. The number of benzene rings is 3. The molecule has 0 spiro atoms. The predicted octanol–water partition coefficient (Wildman–Crippen LogP) is 7.52. The van der Waals surface area contributed by atoms with E-state index in [-0.39, 0.29) is 40.0 Å². The van der Waals surface area contributed by atoms with Gasteiger partial charge in [0.1, 0.15) is 5.76 Å². The molecule has 1 N–H and O–H groups in total. The molecule has 0 aliphatic heterocycles. The van der Waals surface area contributed by atoms with Crippen LogP contribution < -0.4 is 0 Å². The third kappa shape index (κ3) is 7.61. The van der Waals surface area contributed by atoms with Crippen molar-refractivity contribution < 1.29 is 39.5 Å². The number of aliphatic hydroxyl groups is 1. The third-order valence-electron chi connectivity index (χ3n) is 6.97. The standard InChI is InChI=1S/C32H32F3NO6S2/c1-21-16-22(2)31(23(3)17-21)44(40,41)36(20-28-12-13-30(42-28)32(33,34)35)19-25-8-10-26(11-9-25)27-6-5-7-29(18-27)43(38,39)15-14-24(4)37/h5-13,16-18,37H,4,14-15,19-20H2,1-3H3. The molecular formula is C32H32F3NO6S2. The van der Waals surface area contributed by atoms with E-state index < -0.39 is 38.3 Å². The Balaban J connectivity index is 1.67. The number of rotatable bonds is 11. The van der Waals surface area contributed by atoms with E-state index in [9.17, 15) is 35.1 Å². The molecule has 0 radical (unpaired) electrons. The highest BCUT2D eigenvalue weighted by Crippen LogP contribution is 2.33. The molecule has 0 saturated carbocycles. The lowest BCUT2D eigenvalue weighted by molar-refractivity contribution is -0.153. The Bertz CT molecular complexity index is 1870. The molecular weight excluding hydrogens is 615 g/mol. The zero-order chi connectivity index (χ0) is 32.4. The molecule has 0 aliphatic carbocycles. The normalized spacial score (nSPS) is 12.5. The lowest BCUT2D eigenvalue weighted by atomic mass is 10.0. The number of allylic oxidation sites excluding steroid dienone is 1. The fraction of sp³-hybridized carbons (Fsp3) is 0.250. The van der Waals surface area contributed by atoms with Crippen molar-refractivity contribution in [1.29, 1.82) is 0 Å². The van der Waals surface area contributed by atoms with Gasteiger partial charge in [0.2, 0.25) is 15.8 Å². The van der Waals surface area contributed by atoms with E-state index in [2.05, 4.69) is 6.58 Å². The number of hydrogen-bond acceptors (Lipinski definition) is 6.